The smallest absolute Gasteiger partial charge is 0.0587 e. The highest BCUT2D eigenvalue weighted by Gasteiger charge is 2.20. The summed E-state index contributed by atoms with van der Waals surface area (Å²) >= 11 is 6.18. The first-order valence-corrected chi connectivity index (χ1v) is 8.35. The van der Waals surface area contributed by atoms with E-state index < -0.39 is 0 Å². The molecule has 4 heteroatoms. The Kier molecular flexibility index (Phi) is 6.81. The van der Waals surface area contributed by atoms with Gasteiger partial charge in [-0.3, -0.25) is 0 Å². The number of benzene rings is 1. The van der Waals surface area contributed by atoms with Crippen LogP contribution in [0.5, 0.6) is 0 Å². The van der Waals surface area contributed by atoms with Crippen molar-refractivity contribution in [2.75, 3.05) is 38.3 Å². The summed E-state index contributed by atoms with van der Waals surface area (Å²) in [4.78, 5) is 2.53. The fraction of sp³-hybridized carbons (Fsp3) is 0.647. The van der Waals surface area contributed by atoms with E-state index in [0.717, 1.165) is 37.2 Å². The Bertz CT molecular complexity index is 439. The molecule has 1 aromatic rings. The maximum atomic E-state index is 6.18. The zero-order valence-electron chi connectivity index (χ0n) is 13.2. The van der Waals surface area contributed by atoms with Crippen molar-refractivity contribution in [2.24, 2.45) is 5.92 Å². The van der Waals surface area contributed by atoms with Crippen molar-refractivity contribution < 1.29 is 4.74 Å². The SMILES string of the molecule is CCC1CCCN(c2ccc(Cl)cc2CNCCOC)C1. The van der Waals surface area contributed by atoms with Gasteiger partial charge in [-0.25, -0.2) is 0 Å². The van der Waals surface area contributed by atoms with Gasteiger partial charge in [-0.15, -0.1) is 0 Å². The van der Waals surface area contributed by atoms with E-state index in [1.807, 2.05) is 6.07 Å². The lowest BCUT2D eigenvalue weighted by molar-refractivity contribution is 0.199. The number of ether oxygens (including phenoxy) is 1. The van der Waals surface area contributed by atoms with E-state index >= 15 is 0 Å². The third-order valence-electron chi connectivity index (χ3n) is 4.28. The molecule has 1 unspecified atom stereocenters. The molecule has 1 heterocycles. The molecular formula is C17H27ClN2O. The lowest BCUT2D eigenvalue weighted by Crippen LogP contribution is -2.36. The summed E-state index contributed by atoms with van der Waals surface area (Å²) < 4.78 is 5.08. The summed E-state index contributed by atoms with van der Waals surface area (Å²) in [6.45, 7) is 7.06. The molecule has 1 N–H and O–H groups in total. The maximum absolute atomic E-state index is 6.18. The molecule has 0 aliphatic carbocycles. The minimum Gasteiger partial charge on any atom is -0.383 e. The Labute approximate surface area is 133 Å². The molecule has 1 atom stereocenters. The second-order valence-corrected chi connectivity index (χ2v) is 6.24. The van der Waals surface area contributed by atoms with Crippen molar-refractivity contribution in [1.82, 2.24) is 5.32 Å². The van der Waals surface area contributed by atoms with Gasteiger partial charge < -0.3 is 15.0 Å². The van der Waals surface area contributed by atoms with Crippen LogP contribution in [0.4, 0.5) is 5.69 Å². The molecule has 21 heavy (non-hydrogen) atoms. The molecule has 1 aliphatic rings. The standard InChI is InChI=1S/C17H27ClN2O/c1-3-14-5-4-9-20(13-14)17-7-6-16(18)11-15(17)12-19-8-10-21-2/h6-7,11,14,19H,3-5,8-10,12-13H2,1-2H3. The summed E-state index contributed by atoms with van der Waals surface area (Å²) in [6, 6.07) is 6.27. The predicted molar refractivity (Wildman–Crippen MR) is 90.3 cm³/mol. The fourth-order valence-electron chi connectivity index (χ4n) is 3.02. The minimum absolute atomic E-state index is 0.734. The minimum atomic E-state index is 0.734. The number of hydrogen-bond donors (Lipinski definition) is 1. The summed E-state index contributed by atoms with van der Waals surface area (Å²) in [7, 11) is 1.73. The molecule has 3 nitrogen and oxygen atoms in total. The second-order valence-electron chi connectivity index (χ2n) is 5.81. The molecule has 0 radical (unpaired) electrons. The van der Waals surface area contributed by atoms with Crippen LogP contribution in [0.3, 0.4) is 0 Å². The van der Waals surface area contributed by atoms with Crippen LogP contribution in [-0.4, -0.2) is 33.4 Å². The molecule has 0 aromatic heterocycles. The molecule has 1 aromatic carbocycles. The van der Waals surface area contributed by atoms with Crippen LogP contribution in [0.1, 0.15) is 31.7 Å². The zero-order valence-corrected chi connectivity index (χ0v) is 14.0. The Balaban J connectivity index is 2.06. The largest absolute Gasteiger partial charge is 0.383 e. The van der Waals surface area contributed by atoms with E-state index in [-0.39, 0.29) is 0 Å². The molecule has 0 spiro atoms. The molecule has 1 aliphatic heterocycles. The Morgan fingerprint density at radius 3 is 3.05 bits per heavy atom. The van der Waals surface area contributed by atoms with E-state index in [2.05, 4.69) is 29.3 Å². The van der Waals surface area contributed by atoms with Crippen LogP contribution in [-0.2, 0) is 11.3 Å². The van der Waals surface area contributed by atoms with Gasteiger partial charge >= 0.3 is 0 Å². The maximum Gasteiger partial charge on any atom is 0.0587 e. The average Bonchev–Trinajstić information content (AvgIpc) is 2.52. The lowest BCUT2D eigenvalue weighted by atomic mass is 9.94. The summed E-state index contributed by atoms with van der Waals surface area (Å²) in [5.74, 6) is 0.823. The topological polar surface area (TPSA) is 24.5 Å². The molecule has 118 valence electrons. The van der Waals surface area contributed by atoms with Crippen molar-refractivity contribution in [3.8, 4) is 0 Å². The van der Waals surface area contributed by atoms with Crippen molar-refractivity contribution in [3.63, 3.8) is 0 Å². The van der Waals surface area contributed by atoms with Crippen molar-refractivity contribution in [3.05, 3.63) is 28.8 Å². The first-order valence-electron chi connectivity index (χ1n) is 7.97. The normalized spacial score (nSPS) is 19.0. The Morgan fingerprint density at radius 1 is 1.43 bits per heavy atom. The molecule has 0 bridgehead atoms. The third-order valence-corrected chi connectivity index (χ3v) is 4.51. The number of methoxy groups -OCH3 is 1. The van der Waals surface area contributed by atoms with Gasteiger partial charge in [0.25, 0.3) is 0 Å². The van der Waals surface area contributed by atoms with Crippen LogP contribution in [0.25, 0.3) is 0 Å². The number of hydrogen-bond acceptors (Lipinski definition) is 3. The van der Waals surface area contributed by atoms with Crippen LogP contribution in [0.2, 0.25) is 5.02 Å². The number of piperidine rings is 1. The first-order chi connectivity index (χ1) is 10.2. The van der Waals surface area contributed by atoms with Crippen molar-refractivity contribution in [2.45, 2.75) is 32.7 Å². The third kappa shape index (κ3) is 4.87. The Morgan fingerprint density at radius 2 is 2.29 bits per heavy atom. The molecule has 1 saturated heterocycles. The van der Waals surface area contributed by atoms with Crippen LogP contribution < -0.4 is 10.2 Å². The first kappa shape index (κ1) is 16.6. The lowest BCUT2D eigenvalue weighted by Gasteiger charge is -2.35. The highest BCUT2D eigenvalue weighted by molar-refractivity contribution is 6.30. The van der Waals surface area contributed by atoms with Crippen LogP contribution in [0.15, 0.2) is 18.2 Å². The Hall–Kier alpha value is -0.770. The van der Waals surface area contributed by atoms with E-state index in [0.29, 0.717) is 0 Å². The second kappa shape index (κ2) is 8.62. The molecular weight excluding hydrogens is 284 g/mol. The van der Waals surface area contributed by atoms with E-state index in [1.165, 1.54) is 37.1 Å². The number of nitrogens with zero attached hydrogens (tertiary/aromatic N) is 1. The summed E-state index contributed by atoms with van der Waals surface area (Å²) in [5, 5.41) is 4.24. The molecule has 0 saturated carbocycles. The van der Waals surface area contributed by atoms with Gasteiger partial charge in [-0.05, 0) is 42.5 Å². The van der Waals surface area contributed by atoms with Gasteiger partial charge in [-0.1, -0.05) is 24.9 Å². The van der Waals surface area contributed by atoms with Crippen molar-refractivity contribution >= 4 is 17.3 Å². The molecule has 1 fully saturated rings. The van der Waals surface area contributed by atoms with Gasteiger partial charge in [-0.2, -0.15) is 0 Å². The highest BCUT2D eigenvalue weighted by atomic mass is 35.5. The average molecular weight is 311 g/mol. The summed E-state index contributed by atoms with van der Waals surface area (Å²) in [6.07, 6.45) is 3.92. The van der Waals surface area contributed by atoms with Gasteiger partial charge in [0.1, 0.15) is 0 Å². The van der Waals surface area contributed by atoms with E-state index in [9.17, 15) is 0 Å². The number of nitrogens with one attached hydrogen (secondary N) is 1. The highest BCUT2D eigenvalue weighted by Crippen LogP contribution is 2.29. The van der Waals surface area contributed by atoms with Crippen LogP contribution >= 0.6 is 11.6 Å². The number of anilines is 1. The molecule has 0 amide bonds. The van der Waals surface area contributed by atoms with E-state index in [1.54, 1.807) is 7.11 Å². The van der Waals surface area contributed by atoms with Gasteiger partial charge in [0.05, 0.1) is 6.61 Å². The van der Waals surface area contributed by atoms with Gasteiger partial charge in [0.2, 0.25) is 0 Å². The summed E-state index contributed by atoms with van der Waals surface area (Å²) in [5.41, 5.74) is 2.62. The van der Waals surface area contributed by atoms with E-state index in [4.69, 9.17) is 16.3 Å². The number of rotatable bonds is 7. The predicted octanol–water partition coefficient (Wildman–Crippen LogP) is 3.70. The van der Waals surface area contributed by atoms with Gasteiger partial charge in [0, 0.05) is 44.0 Å². The van der Waals surface area contributed by atoms with Gasteiger partial charge in [0.15, 0.2) is 0 Å². The monoisotopic (exact) mass is 310 g/mol. The molecule has 2 rings (SSSR count). The van der Waals surface area contributed by atoms with Crippen LogP contribution in [0, 0.1) is 5.92 Å². The fourth-order valence-corrected chi connectivity index (χ4v) is 3.21. The van der Waals surface area contributed by atoms with Crippen molar-refractivity contribution in [1.29, 1.82) is 0 Å². The zero-order chi connectivity index (χ0) is 15.1. The quantitative estimate of drug-likeness (QED) is 0.777. The number of halogens is 1.